The Morgan fingerprint density at radius 2 is 2.33 bits per heavy atom. The van der Waals surface area contributed by atoms with Crippen molar-refractivity contribution in [2.75, 3.05) is 17.3 Å². The number of aryl methyl sites for hydroxylation is 1. The van der Waals surface area contributed by atoms with Crippen molar-refractivity contribution in [2.24, 2.45) is 0 Å². The summed E-state index contributed by atoms with van der Waals surface area (Å²) in [4.78, 5) is 15.2. The van der Waals surface area contributed by atoms with E-state index in [1.165, 1.54) is 11.8 Å². The molecular formula is C14H13ClN2O2S2. The molecule has 1 aromatic carbocycles. The Morgan fingerprint density at radius 1 is 1.52 bits per heavy atom. The molecule has 0 aliphatic rings. The number of thioether (sulfide) groups is 2. The summed E-state index contributed by atoms with van der Waals surface area (Å²) in [6.07, 6.45) is 5.23. The molecule has 110 valence electrons. The van der Waals surface area contributed by atoms with Gasteiger partial charge in [-0.25, -0.2) is 4.98 Å². The number of rotatable bonds is 7. The molecule has 0 bridgehead atoms. The highest BCUT2D eigenvalue weighted by Gasteiger charge is 2.14. The highest BCUT2D eigenvalue weighted by atomic mass is 35.5. The van der Waals surface area contributed by atoms with Gasteiger partial charge in [0.05, 0.1) is 22.0 Å². The van der Waals surface area contributed by atoms with E-state index in [1.54, 1.807) is 17.8 Å². The topological polar surface area (TPSA) is 55.1 Å². The second kappa shape index (κ2) is 7.64. The fourth-order valence-corrected chi connectivity index (χ4v) is 3.37. The average molecular weight is 341 g/mol. The van der Waals surface area contributed by atoms with Gasteiger partial charge in [-0.2, -0.15) is 0 Å². The van der Waals surface area contributed by atoms with Gasteiger partial charge >= 0.3 is 5.97 Å². The van der Waals surface area contributed by atoms with E-state index >= 15 is 0 Å². The molecule has 0 aliphatic heterocycles. The molecule has 1 heterocycles. The van der Waals surface area contributed by atoms with Crippen LogP contribution >= 0.6 is 35.1 Å². The first-order valence-corrected chi connectivity index (χ1v) is 8.66. The molecule has 0 saturated heterocycles. The van der Waals surface area contributed by atoms with Gasteiger partial charge in [0, 0.05) is 12.3 Å². The van der Waals surface area contributed by atoms with Crippen molar-refractivity contribution in [3.05, 3.63) is 23.2 Å². The number of aliphatic carboxylic acids is 1. The number of carboxylic acids is 1. The molecule has 4 nitrogen and oxygen atoms in total. The van der Waals surface area contributed by atoms with Crippen LogP contribution in [0.15, 0.2) is 23.4 Å². The summed E-state index contributed by atoms with van der Waals surface area (Å²) in [6.45, 7) is 0.713. The lowest BCUT2D eigenvalue weighted by Gasteiger charge is -2.07. The monoisotopic (exact) mass is 340 g/mol. The molecule has 0 radical (unpaired) electrons. The van der Waals surface area contributed by atoms with Gasteiger partial charge in [0.15, 0.2) is 5.16 Å². The third kappa shape index (κ3) is 4.10. The first-order chi connectivity index (χ1) is 10.1. The lowest BCUT2D eigenvalue weighted by atomic mass is 10.3. The molecule has 0 unspecified atom stereocenters. The van der Waals surface area contributed by atoms with Crippen LogP contribution in [0.25, 0.3) is 11.0 Å². The highest BCUT2D eigenvalue weighted by molar-refractivity contribution is 8.00. The highest BCUT2D eigenvalue weighted by Crippen LogP contribution is 2.28. The van der Waals surface area contributed by atoms with Gasteiger partial charge in [-0.1, -0.05) is 35.3 Å². The van der Waals surface area contributed by atoms with Gasteiger partial charge in [0.2, 0.25) is 0 Å². The van der Waals surface area contributed by atoms with Crippen molar-refractivity contribution in [2.45, 2.75) is 11.7 Å². The van der Waals surface area contributed by atoms with Crippen LogP contribution in [0.1, 0.15) is 0 Å². The predicted molar refractivity (Wildman–Crippen MR) is 89.3 cm³/mol. The summed E-state index contributed by atoms with van der Waals surface area (Å²) in [7, 11) is 0. The second-order valence-electron chi connectivity index (χ2n) is 4.09. The van der Waals surface area contributed by atoms with Crippen LogP contribution in [0.5, 0.6) is 0 Å². The minimum atomic E-state index is -0.869. The molecule has 0 spiro atoms. The van der Waals surface area contributed by atoms with E-state index in [4.69, 9.17) is 23.1 Å². The number of aromatic nitrogens is 2. The third-order valence-electron chi connectivity index (χ3n) is 2.66. The zero-order valence-electron chi connectivity index (χ0n) is 11.1. The normalized spacial score (nSPS) is 10.7. The minimum absolute atomic E-state index is 0.0293. The number of hydrogen-bond acceptors (Lipinski definition) is 4. The van der Waals surface area contributed by atoms with Crippen molar-refractivity contribution in [3.8, 4) is 12.3 Å². The van der Waals surface area contributed by atoms with Crippen LogP contribution in [0.3, 0.4) is 0 Å². The summed E-state index contributed by atoms with van der Waals surface area (Å²) in [5, 5.41) is 10.1. The smallest absolute Gasteiger partial charge is 0.313 e. The number of carboxylic acid groups (broad SMARTS) is 1. The Bertz CT molecular complexity index is 694. The summed E-state index contributed by atoms with van der Waals surface area (Å²) in [5.74, 6) is 3.18. The van der Waals surface area contributed by atoms with Crippen LogP contribution in [0, 0.1) is 12.3 Å². The van der Waals surface area contributed by atoms with Crippen LogP contribution in [-0.4, -0.2) is 37.9 Å². The summed E-state index contributed by atoms with van der Waals surface area (Å²) in [6, 6.07) is 5.58. The van der Waals surface area contributed by atoms with Gasteiger partial charge in [-0.05, 0) is 12.1 Å². The van der Waals surface area contributed by atoms with Crippen LogP contribution in [0.2, 0.25) is 5.02 Å². The Kier molecular flexibility index (Phi) is 5.85. The van der Waals surface area contributed by atoms with Gasteiger partial charge in [0.25, 0.3) is 0 Å². The number of para-hydroxylation sites is 1. The lowest BCUT2D eigenvalue weighted by Crippen LogP contribution is -2.05. The first-order valence-electron chi connectivity index (χ1n) is 6.14. The standard InChI is InChI=1S/C14H13ClN2O2S2/c1-2-7-20-8-6-17-11-5-3-4-10(15)13(11)16-14(17)21-9-12(18)19/h1,3-5H,6-9H2,(H,18,19). The molecule has 2 rings (SSSR count). The van der Waals surface area contributed by atoms with Crippen molar-refractivity contribution in [1.29, 1.82) is 0 Å². The summed E-state index contributed by atoms with van der Waals surface area (Å²) < 4.78 is 2.00. The zero-order chi connectivity index (χ0) is 15.2. The number of nitrogens with zero attached hydrogens (tertiary/aromatic N) is 2. The number of terminal acetylenes is 1. The van der Waals surface area contributed by atoms with Gasteiger partial charge < -0.3 is 9.67 Å². The summed E-state index contributed by atoms with van der Waals surface area (Å²) in [5.41, 5.74) is 1.62. The van der Waals surface area contributed by atoms with Gasteiger partial charge in [0.1, 0.15) is 5.52 Å². The molecule has 0 fully saturated rings. The maximum atomic E-state index is 10.8. The number of imidazole rings is 1. The third-order valence-corrected chi connectivity index (χ3v) is 4.77. The zero-order valence-corrected chi connectivity index (χ0v) is 13.5. The molecular weight excluding hydrogens is 328 g/mol. The molecule has 7 heteroatoms. The molecule has 1 N–H and O–H groups in total. The van der Waals surface area contributed by atoms with Crippen LogP contribution in [-0.2, 0) is 11.3 Å². The van der Waals surface area contributed by atoms with Gasteiger partial charge in [-0.15, -0.1) is 18.2 Å². The quantitative estimate of drug-likeness (QED) is 0.476. The fourth-order valence-electron chi connectivity index (χ4n) is 1.83. The average Bonchev–Trinajstić information content (AvgIpc) is 2.81. The minimum Gasteiger partial charge on any atom is -0.481 e. The lowest BCUT2D eigenvalue weighted by molar-refractivity contribution is -0.133. The molecule has 0 aliphatic carbocycles. The molecule has 0 amide bonds. The van der Waals surface area contributed by atoms with Crippen LogP contribution in [0.4, 0.5) is 0 Å². The molecule has 0 atom stereocenters. The second-order valence-corrected chi connectivity index (χ2v) is 6.55. The van der Waals surface area contributed by atoms with E-state index in [9.17, 15) is 4.79 Å². The Balaban J connectivity index is 2.28. The van der Waals surface area contributed by atoms with Crippen LogP contribution < -0.4 is 0 Å². The molecule has 21 heavy (non-hydrogen) atoms. The number of carbonyl (C=O) groups is 1. The van der Waals surface area contributed by atoms with Gasteiger partial charge in [-0.3, -0.25) is 4.79 Å². The maximum absolute atomic E-state index is 10.8. The first kappa shape index (κ1) is 16.1. The molecule has 1 aromatic heterocycles. The molecule has 0 saturated carbocycles. The number of benzene rings is 1. The number of hydrogen-bond donors (Lipinski definition) is 1. The maximum Gasteiger partial charge on any atom is 0.313 e. The predicted octanol–water partition coefficient (Wildman–Crippen LogP) is 3.23. The number of halogens is 1. The SMILES string of the molecule is C#CCSCCn1c(SCC(=O)O)nc2c(Cl)cccc21. The van der Waals surface area contributed by atoms with E-state index in [0.29, 0.717) is 28.0 Å². The fraction of sp³-hybridized carbons (Fsp3) is 0.286. The van der Waals surface area contributed by atoms with E-state index in [0.717, 1.165) is 11.3 Å². The Morgan fingerprint density at radius 3 is 3.05 bits per heavy atom. The molecule has 2 aromatic rings. The van der Waals surface area contributed by atoms with E-state index in [2.05, 4.69) is 10.9 Å². The van der Waals surface area contributed by atoms with Crippen molar-refractivity contribution < 1.29 is 9.90 Å². The largest absolute Gasteiger partial charge is 0.481 e. The van der Waals surface area contributed by atoms with E-state index < -0.39 is 5.97 Å². The van der Waals surface area contributed by atoms with Crippen molar-refractivity contribution in [3.63, 3.8) is 0 Å². The Hall–Kier alpha value is -1.29. The Labute approximate surface area is 136 Å². The van der Waals surface area contributed by atoms with E-state index in [-0.39, 0.29) is 5.75 Å². The van der Waals surface area contributed by atoms with Crippen molar-refractivity contribution in [1.82, 2.24) is 9.55 Å². The van der Waals surface area contributed by atoms with Crippen molar-refractivity contribution >= 4 is 52.1 Å². The number of fused-ring (bicyclic) bond motifs is 1. The summed E-state index contributed by atoms with van der Waals surface area (Å²) >= 11 is 9.01. The van der Waals surface area contributed by atoms with E-state index in [1.807, 2.05) is 16.7 Å².